The second-order valence-corrected chi connectivity index (χ2v) is 6.84. The minimum absolute atomic E-state index is 0.0608. The van der Waals surface area contributed by atoms with Gasteiger partial charge in [-0.2, -0.15) is 4.98 Å². The van der Waals surface area contributed by atoms with E-state index >= 15 is 4.39 Å². The molecule has 1 aliphatic heterocycles. The lowest BCUT2D eigenvalue weighted by Crippen LogP contribution is -2.44. The van der Waals surface area contributed by atoms with Crippen LogP contribution in [0.2, 0.25) is 0 Å². The van der Waals surface area contributed by atoms with Crippen molar-refractivity contribution >= 4 is 17.6 Å². The van der Waals surface area contributed by atoms with E-state index in [1.165, 1.54) is 12.3 Å². The fraction of sp³-hybridized carbons (Fsp3) is 0.556. The third kappa shape index (κ3) is 5.05. The molecule has 0 spiro atoms. The SMILES string of the molecule is C=C[C@@]1(F)[C@@H](O)[C@@H](COC(=O)COCC(=O)C(C)C)O[C@H]1n1ccc(N)nc1=O. The highest BCUT2D eigenvalue weighted by Gasteiger charge is 2.57. The van der Waals surface area contributed by atoms with Crippen LogP contribution in [-0.2, 0) is 23.8 Å². The second kappa shape index (κ2) is 9.25. The normalized spacial score (nSPS) is 26.4. The summed E-state index contributed by atoms with van der Waals surface area (Å²) in [6.45, 7) is 5.51. The Balaban J connectivity index is 2.00. The van der Waals surface area contributed by atoms with Gasteiger partial charge in [0, 0.05) is 12.1 Å². The molecular formula is C18H24FN3O7. The summed E-state index contributed by atoms with van der Waals surface area (Å²) in [6.07, 6.45) is -2.65. The van der Waals surface area contributed by atoms with E-state index in [9.17, 15) is 19.5 Å². The average molecular weight is 413 g/mol. The Hall–Kier alpha value is -2.63. The predicted octanol–water partition coefficient (Wildman–Crippen LogP) is -0.237. The highest BCUT2D eigenvalue weighted by Crippen LogP contribution is 2.42. The lowest BCUT2D eigenvalue weighted by Gasteiger charge is -2.25. The molecule has 10 nitrogen and oxygen atoms in total. The van der Waals surface area contributed by atoms with Gasteiger partial charge in [-0.25, -0.2) is 14.0 Å². The summed E-state index contributed by atoms with van der Waals surface area (Å²) < 4.78 is 31.4. The van der Waals surface area contributed by atoms with Crippen LogP contribution in [0.15, 0.2) is 29.7 Å². The van der Waals surface area contributed by atoms with Crippen molar-refractivity contribution in [3.63, 3.8) is 0 Å². The van der Waals surface area contributed by atoms with Crippen molar-refractivity contribution in [3.8, 4) is 0 Å². The number of esters is 1. The van der Waals surface area contributed by atoms with E-state index in [1.54, 1.807) is 13.8 Å². The number of aliphatic hydroxyl groups excluding tert-OH is 1. The molecule has 1 aliphatic rings. The van der Waals surface area contributed by atoms with Gasteiger partial charge < -0.3 is 25.1 Å². The minimum Gasteiger partial charge on any atom is -0.461 e. The molecule has 0 unspecified atom stereocenters. The molecule has 0 saturated carbocycles. The Morgan fingerprint density at radius 3 is 2.79 bits per heavy atom. The Bertz CT molecular complexity index is 828. The molecule has 160 valence electrons. The molecule has 0 amide bonds. The van der Waals surface area contributed by atoms with E-state index in [1.807, 2.05) is 0 Å². The number of ketones is 1. The first-order valence-corrected chi connectivity index (χ1v) is 8.87. The van der Waals surface area contributed by atoms with Gasteiger partial charge >= 0.3 is 11.7 Å². The summed E-state index contributed by atoms with van der Waals surface area (Å²) in [4.78, 5) is 38.7. The van der Waals surface area contributed by atoms with E-state index in [4.69, 9.17) is 19.9 Å². The molecule has 0 radical (unpaired) electrons. The lowest BCUT2D eigenvalue weighted by atomic mass is 9.96. The molecule has 0 aromatic carbocycles. The maximum Gasteiger partial charge on any atom is 0.351 e. The van der Waals surface area contributed by atoms with E-state index in [0.29, 0.717) is 0 Å². The number of aromatic nitrogens is 2. The van der Waals surface area contributed by atoms with Crippen molar-refractivity contribution in [2.75, 3.05) is 25.6 Å². The molecule has 2 heterocycles. The smallest absolute Gasteiger partial charge is 0.351 e. The molecule has 0 bridgehead atoms. The summed E-state index contributed by atoms with van der Waals surface area (Å²) in [5.74, 6) is -1.29. The molecule has 2 rings (SSSR count). The molecular weight excluding hydrogens is 389 g/mol. The van der Waals surface area contributed by atoms with Crippen molar-refractivity contribution in [3.05, 3.63) is 35.4 Å². The van der Waals surface area contributed by atoms with Gasteiger partial charge in [-0.05, 0) is 12.1 Å². The largest absolute Gasteiger partial charge is 0.461 e. The zero-order valence-corrected chi connectivity index (χ0v) is 16.1. The number of Topliss-reactive ketones (excluding diaryl/α,β-unsaturated/α-hetero) is 1. The minimum atomic E-state index is -2.54. The van der Waals surface area contributed by atoms with Crippen LogP contribution in [0, 0.1) is 5.92 Å². The average Bonchev–Trinajstić information content (AvgIpc) is 2.91. The number of alkyl halides is 1. The molecule has 1 aromatic heterocycles. The van der Waals surface area contributed by atoms with E-state index in [0.717, 1.165) is 10.6 Å². The zero-order chi connectivity index (χ0) is 21.8. The van der Waals surface area contributed by atoms with Crippen LogP contribution in [0.25, 0.3) is 0 Å². The van der Waals surface area contributed by atoms with E-state index < -0.39 is 49.0 Å². The van der Waals surface area contributed by atoms with Crippen molar-refractivity contribution < 1.29 is 33.3 Å². The summed E-state index contributed by atoms with van der Waals surface area (Å²) in [5, 5.41) is 10.3. The molecule has 29 heavy (non-hydrogen) atoms. The zero-order valence-electron chi connectivity index (χ0n) is 16.1. The monoisotopic (exact) mass is 413 g/mol. The molecule has 4 atom stereocenters. The Morgan fingerprint density at radius 2 is 2.21 bits per heavy atom. The Morgan fingerprint density at radius 1 is 1.52 bits per heavy atom. The van der Waals surface area contributed by atoms with Crippen LogP contribution >= 0.6 is 0 Å². The number of hydrogen-bond acceptors (Lipinski definition) is 9. The number of carbonyl (C=O) groups is 2. The van der Waals surface area contributed by atoms with Crippen LogP contribution in [0.1, 0.15) is 20.1 Å². The van der Waals surface area contributed by atoms with Crippen molar-refractivity contribution in [1.29, 1.82) is 0 Å². The number of halogens is 1. The first kappa shape index (κ1) is 22.7. The van der Waals surface area contributed by atoms with Crippen molar-refractivity contribution in [1.82, 2.24) is 9.55 Å². The molecule has 3 N–H and O–H groups in total. The highest BCUT2D eigenvalue weighted by molar-refractivity contribution is 5.81. The van der Waals surface area contributed by atoms with Crippen LogP contribution in [-0.4, -0.2) is 64.1 Å². The Kier molecular flexibility index (Phi) is 7.22. The fourth-order valence-corrected chi connectivity index (χ4v) is 2.63. The van der Waals surface area contributed by atoms with E-state index in [2.05, 4.69) is 11.6 Å². The number of hydrogen-bond donors (Lipinski definition) is 2. The van der Waals surface area contributed by atoms with Gasteiger partial charge in [0.25, 0.3) is 0 Å². The van der Waals surface area contributed by atoms with Crippen LogP contribution in [0.4, 0.5) is 10.2 Å². The quantitative estimate of drug-likeness (QED) is 0.414. The fourth-order valence-electron chi connectivity index (χ4n) is 2.63. The third-order valence-corrected chi connectivity index (χ3v) is 4.42. The number of nitrogens with zero attached hydrogens (tertiary/aromatic N) is 2. The maximum atomic E-state index is 15.3. The number of nitrogens with two attached hydrogens (primary N) is 1. The van der Waals surface area contributed by atoms with Gasteiger partial charge in [0.2, 0.25) is 5.67 Å². The van der Waals surface area contributed by atoms with Gasteiger partial charge in [-0.3, -0.25) is 9.36 Å². The first-order chi connectivity index (χ1) is 13.6. The molecule has 11 heteroatoms. The topological polar surface area (TPSA) is 143 Å². The van der Waals surface area contributed by atoms with Crippen molar-refractivity contribution in [2.24, 2.45) is 5.92 Å². The van der Waals surface area contributed by atoms with Gasteiger partial charge in [-0.15, -0.1) is 0 Å². The summed E-state index contributed by atoms with van der Waals surface area (Å²) in [6, 6.07) is 1.27. The Labute approximate surface area is 166 Å². The molecule has 0 aliphatic carbocycles. The molecule has 1 saturated heterocycles. The van der Waals surface area contributed by atoms with Crippen LogP contribution < -0.4 is 11.4 Å². The van der Waals surface area contributed by atoms with Gasteiger partial charge in [0.1, 0.15) is 37.8 Å². The van der Waals surface area contributed by atoms with Crippen molar-refractivity contribution in [2.45, 2.75) is 38.0 Å². The van der Waals surface area contributed by atoms with Gasteiger partial charge in [0.15, 0.2) is 12.0 Å². The predicted molar refractivity (Wildman–Crippen MR) is 98.5 cm³/mol. The summed E-state index contributed by atoms with van der Waals surface area (Å²) in [7, 11) is 0. The molecule has 1 fully saturated rings. The highest BCUT2D eigenvalue weighted by atomic mass is 19.1. The summed E-state index contributed by atoms with van der Waals surface area (Å²) >= 11 is 0. The number of aliphatic hydroxyl groups is 1. The van der Waals surface area contributed by atoms with Crippen LogP contribution in [0.5, 0.6) is 0 Å². The number of rotatable bonds is 9. The number of anilines is 1. The van der Waals surface area contributed by atoms with E-state index in [-0.39, 0.29) is 24.1 Å². The first-order valence-electron chi connectivity index (χ1n) is 8.87. The summed E-state index contributed by atoms with van der Waals surface area (Å²) in [5.41, 5.74) is 1.99. The standard InChI is InChI=1S/C18H24FN3O7/c1-4-18(19)15(25)12(8-28-14(24)9-27-7-11(23)10(2)3)29-16(18)22-6-5-13(20)21-17(22)26/h4-6,10,12,15-16,25H,1,7-9H2,2-3H3,(H2,20,21,26)/t12-,15+,16-,18-/m1/s1. The number of carbonyl (C=O) groups excluding carboxylic acids is 2. The second-order valence-electron chi connectivity index (χ2n) is 6.84. The third-order valence-electron chi connectivity index (χ3n) is 4.42. The van der Waals surface area contributed by atoms with Gasteiger partial charge in [-0.1, -0.05) is 20.4 Å². The van der Waals surface area contributed by atoms with Crippen LogP contribution in [0.3, 0.4) is 0 Å². The lowest BCUT2D eigenvalue weighted by molar-refractivity contribution is -0.156. The van der Waals surface area contributed by atoms with Gasteiger partial charge in [0.05, 0.1) is 0 Å². The number of ether oxygens (including phenoxy) is 3. The maximum absolute atomic E-state index is 15.3. The number of nitrogen functional groups attached to an aromatic ring is 1. The molecule has 1 aromatic rings.